The van der Waals surface area contributed by atoms with E-state index in [1.54, 1.807) is 0 Å². The highest BCUT2D eigenvalue weighted by Gasteiger charge is 2.58. The monoisotopic (exact) mass is 1320 g/mol. The van der Waals surface area contributed by atoms with Gasteiger partial charge in [0.25, 0.3) is 0 Å². The van der Waals surface area contributed by atoms with Gasteiger partial charge in [-0.1, -0.05) is 109 Å². The molecular formula is C66H69ClF4O14S4. The van der Waals surface area contributed by atoms with Crippen molar-refractivity contribution >= 4 is 81.4 Å². The van der Waals surface area contributed by atoms with Crippen molar-refractivity contribution in [2.75, 3.05) is 12.5 Å². The molecule has 8 aliphatic rings. The van der Waals surface area contributed by atoms with Gasteiger partial charge in [0.2, 0.25) is 0 Å². The maximum absolute atomic E-state index is 13.2. The Labute approximate surface area is 534 Å². The average Bonchev–Trinajstić information content (AvgIpc) is 0.793. The molecule has 0 atom stereocenters. The third-order valence-electron chi connectivity index (χ3n) is 17.3. The van der Waals surface area contributed by atoms with Gasteiger partial charge in [-0.3, -0.25) is 14.9 Å². The summed E-state index contributed by atoms with van der Waals surface area (Å²) in [6.07, 6.45) is 11.8. The van der Waals surface area contributed by atoms with Gasteiger partial charge < -0.3 is 29.8 Å². The van der Waals surface area contributed by atoms with Crippen LogP contribution in [-0.2, 0) is 73.9 Å². The number of benzene rings is 6. The summed E-state index contributed by atoms with van der Waals surface area (Å²) in [5.74, 6) is -0.620. The lowest BCUT2D eigenvalue weighted by atomic mass is 9.50. The number of halogens is 5. The van der Waals surface area contributed by atoms with Crippen LogP contribution < -0.4 is 10.5 Å². The molecule has 14 nitrogen and oxygen atoms in total. The molecular weight excluding hydrogens is 1260 g/mol. The first-order chi connectivity index (χ1) is 42.8. The largest absolute Gasteiger partial charge is 0.691 e. The molecule has 476 valence electrons. The molecule has 8 bridgehead atoms. The SMILES string of the molecule is CC1(OC(=O)CCl)C2CC3CC(C2)CC1C3.CC1(OC(=O)COC(=O)C(F)(F)SOO[O-])C2CC3CC(C2)CC1C3.O=C(O)C(F)(F)SOO[O-].c1ccc([S+](c2ccccc2)c2ccccc2)cc1.c1ccc([S+](c2ccccc2)c2ccccc2)cc1. The first-order valence-corrected chi connectivity index (χ1v) is 33.5. The van der Waals surface area contributed by atoms with E-state index >= 15 is 0 Å². The van der Waals surface area contributed by atoms with Crippen molar-refractivity contribution in [3.8, 4) is 0 Å². The highest BCUT2D eigenvalue weighted by atomic mass is 35.5. The predicted octanol–water partition coefficient (Wildman–Crippen LogP) is 13.8. The van der Waals surface area contributed by atoms with E-state index < -0.39 is 64.7 Å². The zero-order valence-electron chi connectivity index (χ0n) is 48.7. The van der Waals surface area contributed by atoms with Crippen LogP contribution in [0.4, 0.5) is 17.6 Å². The summed E-state index contributed by atoms with van der Waals surface area (Å²) in [5, 5.41) is 23.1. The van der Waals surface area contributed by atoms with Crippen LogP contribution in [0.25, 0.3) is 0 Å². The molecule has 0 aromatic heterocycles. The van der Waals surface area contributed by atoms with E-state index in [0.717, 1.165) is 37.5 Å². The molecule has 0 unspecified atom stereocenters. The van der Waals surface area contributed by atoms with Crippen molar-refractivity contribution in [2.24, 2.45) is 47.3 Å². The third kappa shape index (κ3) is 18.5. The Morgan fingerprint density at radius 2 is 0.730 bits per heavy atom. The molecule has 8 saturated carbocycles. The minimum absolute atomic E-state index is 0.0120. The van der Waals surface area contributed by atoms with E-state index in [1.165, 1.54) is 67.9 Å². The Hall–Kier alpha value is -5.63. The van der Waals surface area contributed by atoms with Crippen LogP contribution in [-0.4, -0.2) is 63.2 Å². The fourth-order valence-electron chi connectivity index (χ4n) is 13.7. The molecule has 0 amide bonds. The Kier molecular flexibility index (Phi) is 25.4. The smallest absolute Gasteiger partial charge is 0.415 e. The second-order valence-electron chi connectivity index (χ2n) is 22.9. The average molecular weight is 1330 g/mol. The first-order valence-electron chi connectivity index (χ1n) is 29.0. The van der Waals surface area contributed by atoms with Crippen molar-refractivity contribution in [2.45, 2.75) is 129 Å². The second-order valence-corrected chi connectivity index (χ2v) is 28.9. The summed E-state index contributed by atoms with van der Waals surface area (Å²) in [5.41, 5.74) is -0.840. The van der Waals surface area contributed by atoms with E-state index in [4.69, 9.17) is 31.4 Å². The fourth-order valence-corrected chi connectivity index (χ4v) is 18.4. The van der Waals surface area contributed by atoms with Gasteiger partial charge in [0.05, 0.1) is 21.8 Å². The molecule has 14 rings (SSSR count). The van der Waals surface area contributed by atoms with Crippen LogP contribution in [0.5, 0.6) is 0 Å². The van der Waals surface area contributed by atoms with Crippen LogP contribution in [0, 0.1) is 47.3 Å². The number of carboxylic acids is 1. The standard InChI is InChI=1S/2C18H15S.C15H20F2O7S.C13H19ClO2.C2H2F2O5S/c2*1-4-10-16(11-5-1)19(17-12-6-2-7-13-17)18-14-8-3-9-15-18;1-14(10-3-8-2-9(5-10)6-11(14)4-8)22-12(18)7-21-13(19)15(16,17)25-24-23-20;1-13(16-12(15)7-14)10-3-8-2-9(5-10)6-11(13)4-8;3-2(4,1(5)6)10-9-8-7/h2*1-15H;8-11,20H,2-7H2,1H3;8-11H,2-7H2,1H3;7H,(H,5,6)/q2*+1;;;/p-2. The lowest BCUT2D eigenvalue weighted by Crippen LogP contribution is -2.58. The molecule has 89 heavy (non-hydrogen) atoms. The molecule has 0 saturated heterocycles. The number of hydrogen-bond acceptors (Lipinski definition) is 15. The van der Waals surface area contributed by atoms with Gasteiger partial charge in [0.15, 0.2) is 36.0 Å². The molecule has 6 aromatic rings. The Balaban J connectivity index is 0.000000147. The van der Waals surface area contributed by atoms with Crippen molar-refractivity contribution in [1.29, 1.82) is 0 Å². The number of rotatable bonds is 19. The number of ether oxygens (including phenoxy) is 3. The normalized spacial score (nSPS) is 24.9. The van der Waals surface area contributed by atoms with Crippen LogP contribution in [0.15, 0.2) is 211 Å². The van der Waals surface area contributed by atoms with E-state index in [9.17, 15) is 42.0 Å². The van der Waals surface area contributed by atoms with E-state index in [2.05, 4.69) is 212 Å². The van der Waals surface area contributed by atoms with Gasteiger partial charge >= 0.3 is 34.4 Å². The highest BCUT2D eigenvalue weighted by molar-refractivity contribution is 7.97. The molecule has 23 heteroatoms. The summed E-state index contributed by atoms with van der Waals surface area (Å²) in [6, 6.07) is 64.3. The summed E-state index contributed by atoms with van der Waals surface area (Å²) in [7, 11) is -0.0293. The molecule has 0 aliphatic heterocycles. The number of carbonyl (C=O) groups excluding carboxylic acids is 3. The Morgan fingerprint density at radius 1 is 0.472 bits per heavy atom. The van der Waals surface area contributed by atoms with Crippen molar-refractivity contribution < 1.29 is 85.3 Å². The van der Waals surface area contributed by atoms with Crippen LogP contribution in [0.2, 0.25) is 0 Å². The fraction of sp³-hybridized carbons (Fsp3) is 0.394. The number of hydrogen-bond donors (Lipinski definition) is 1. The van der Waals surface area contributed by atoms with Crippen LogP contribution in [0.3, 0.4) is 0 Å². The van der Waals surface area contributed by atoms with Gasteiger partial charge in [0, 0.05) is 0 Å². The predicted molar refractivity (Wildman–Crippen MR) is 325 cm³/mol. The summed E-state index contributed by atoms with van der Waals surface area (Å²) in [6.45, 7) is 3.11. The molecule has 0 heterocycles. The van der Waals surface area contributed by atoms with Gasteiger partial charge in [-0.05, 0) is 198 Å². The number of alkyl halides is 5. The second kappa shape index (κ2) is 32.6. The van der Waals surface area contributed by atoms with Crippen molar-refractivity contribution in [3.63, 3.8) is 0 Å². The highest BCUT2D eigenvalue weighted by Crippen LogP contribution is 2.61. The lowest BCUT2D eigenvalue weighted by molar-refractivity contribution is -0.777. The summed E-state index contributed by atoms with van der Waals surface area (Å²) in [4.78, 5) is 52.4. The lowest BCUT2D eigenvalue weighted by Gasteiger charge is -2.59. The number of aliphatic carboxylic acids is 1. The molecule has 8 aliphatic carbocycles. The summed E-state index contributed by atoms with van der Waals surface area (Å²) >= 11 is 3.87. The molecule has 1 N–H and O–H groups in total. The van der Waals surface area contributed by atoms with Gasteiger partial charge in [-0.2, -0.15) is 26.2 Å². The number of esters is 3. The van der Waals surface area contributed by atoms with E-state index in [-0.39, 0.29) is 51.1 Å². The third-order valence-corrected chi connectivity index (χ3v) is 23.0. The maximum Gasteiger partial charge on any atom is 0.415 e. The Bertz CT molecular complexity index is 2810. The number of carbonyl (C=O) groups is 4. The summed E-state index contributed by atoms with van der Waals surface area (Å²) < 4.78 is 72.0. The van der Waals surface area contributed by atoms with Crippen LogP contribution in [0.1, 0.15) is 78.1 Å². The Morgan fingerprint density at radius 3 is 0.978 bits per heavy atom. The molecule has 0 spiro atoms. The molecule has 6 aromatic carbocycles. The van der Waals surface area contributed by atoms with Crippen molar-refractivity contribution in [3.05, 3.63) is 182 Å². The molecule has 0 radical (unpaired) electrons. The number of carboxylic acid groups (broad SMARTS) is 1. The first kappa shape index (κ1) is 69.3. The minimum Gasteiger partial charge on any atom is -0.691 e. The van der Waals surface area contributed by atoms with E-state index in [0.29, 0.717) is 23.7 Å². The van der Waals surface area contributed by atoms with Crippen LogP contribution >= 0.6 is 35.7 Å². The minimum atomic E-state index is -4.17. The molecule has 8 fully saturated rings. The van der Waals surface area contributed by atoms with Gasteiger partial charge in [-0.25, -0.2) is 14.4 Å². The topological polar surface area (TPSA) is 199 Å². The van der Waals surface area contributed by atoms with Gasteiger partial charge in [0.1, 0.15) is 41.2 Å². The van der Waals surface area contributed by atoms with Gasteiger partial charge in [-0.15, -0.1) is 11.6 Å². The maximum atomic E-state index is 13.2. The van der Waals surface area contributed by atoms with E-state index in [1.807, 2.05) is 6.92 Å². The zero-order chi connectivity index (χ0) is 63.6. The quantitative estimate of drug-likeness (QED) is 0.0117. The zero-order valence-corrected chi connectivity index (χ0v) is 52.7. The van der Waals surface area contributed by atoms with Crippen molar-refractivity contribution in [1.82, 2.24) is 0 Å².